The molecule has 1 nitrogen and oxygen atoms in total. The van der Waals surface area contributed by atoms with Crippen molar-refractivity contribution in [2.75, 3.05) is 0 Å². The van der Waals surface area contributed by atoms with Crippen molar-refractivity contribution in [1.82, 2.24) is 0 Å². The van der Waals surface area contributed by atoms with Crippen molar-refractivity contribution >= 4 is 33.8 Å². The van der Waals surface area contributed by atoms with Crippen molar-refractivity contribution in [1.29, 1.82) is 0 Å². The van der Waals surface area contributed by atoms with E-state index in [9.17, 15) is 4.79 Å². The summed E-state index contributed by atoms with van der Waals surface area (Å²) < 4.78 is 0.937. The Morgan fingerprint density at radius 1 is 1.18 bits per heavy atom. The SMILES string of the molecule is Cc1c(Br)cc(C=O)cc1-c1ccc(Cl)cc1. The Balaban J connectivity index is 2.61. The van der Waals surface area contributed by atoms with E-state index in [2.05, 4.69) is 15.9 Å². The van der Waals surface area contributed by atoms with Gasteiger partial charge in [-0.3, -0.25) is 4.79 Å². The molecule has 0 saturated heterocycles. The minimum Gasteiger partial charge on any atom is -0.298 e. The van der Waals surface area contributed by atoms with Crippen molar-refractivity contribution < 1.29 is 4.79 Å². The van der Waals surface area contributed by atoms with Crippen molar-refractivity contribution in [3.05, 3.63) is 57.0 Å². The highest BCUT2D eigenvalue weighted by Gasteiger charge is 2.07. The van der Waals surface area contributed by atoms with Gasteiger partial charge < -0.3 is 0 Å². The Hall–Kier alpha value is -1.12. The molecule has 17 heavy (non-hydrogen) atoms. The summed E-state index contributed by atoms with van der Waals surface area (Å²) in [5, 5.41) is 0.706. The van der Waals surface area contributed by atoms with Gasteiger partial charge in [-0.25, -0.2) is 0 Å². The number of carbonyl (C=O) groups excluding carboxylic acids is 1. The van der Waals surface area contributed by atoms with Gasteiger partial charge in [-0.05, 0) is 47.9 Å². The monoisotopic (exact) mass is 308 g/mol. The van der Waals surface area contributed by atoms with Gasteiger partial charge in [-0.2, -0.15) is 0 Å². The maximum absolute atomic E-state index is 10.9. The molecule has 0 aromatic heterocycles. The maximum Gasteiger partial charge on any atom is 0.150 e. The number of carbonyl (C=O) groups is 1. The summed E-state index contributed by atoms with van der Waals surface area (Å²) in [5.74, 6) is 0. The first kappa shape index (κ1) is 12.3. The third-order valence-corrected chi connectivity index (χ3v) is 3.73. The molecule has 0 N–H and O–H groups in total. The smallest absolute Gasteiger partial charge is 0.150 e. The van der Waals surface area contributed by atoms with Gasteiger partial charge in [0.2, 0.25) is 0 Å². The van der Waals surface area contributed by atoms with Crippen molar-refractivity contribution in [2.24, 2.45) is 0 Å². The zero-order chi connectivity index (χ0) is 12.4. The summed E-state index contributed by atoms with van der Waals surface area (Å²) in [5.41, 5.74) is 3.86. The molecule has 0 atom stereocenters. The fraction of sp³-hybridized carbons (Fsp3) is 0.0714. The second-order valence-electron chi connectivity index (χ2n) is 3.80. The lowest BCUT2D eigenvalue weighted by Gasteiger charge is -2.09. The van der Waals surface area contributed by atoms with Gasteiger partial charge in [0.15, 0.2) is 0 Å². The van der Waals surface area contributed by atoms with E-state index in [1.807, 2.05) is 43.3 Å². The Labute approximate surface area is 114 Å². The first-order valence-corrected chi connectivity index (χ1v) is 6.30. The van der Waals surface area contributed by atoms with E-state index in [4.69, 9.17) is 11.6 Å². The summed E-state index contributed by atoms with van der Waals surface area (Å²) in [6.07, 6.45) is 0.851. The molecule has 2 aromatic carbocycles. The average Bonchev–Trinajstić information content (AvgIpc) is 2.34. The van der Waals surface area contributed by atoms with Gasteiger partial charge in [-0.15, -0.1) is 0 Å². The highest BCUT2D eigenvalue weighted by molar-refractivity contribution is 9.10. The lowest BCUT2D eigenvalue weighted by atomic mass is 9.98. The zero-order valence-corrected chi connectivity index (χ0v) is 11.5. The minimum absolute atomic E-state index is 0.660. The van der Waals surface area contributed by atoms with E-state index in [1.54, 1.807) is 0 Å². The summed E-state index contributed by atoms with van der Waals surface area (Å²) in [7, 11) is 0. The standard InChI is InChI=1S/C14H10BrClO/c1-9-13(6-10(8-17)7-14(9)15)11-2-4-12(16)5-3-11/h2-8H,1H3. The molecule has 0 radical (unpaired) electrons. The van der Waals surface area contributed by atoms with Crippen LogP contribution < -0.4 is 0 Å². The quantitative estimate of drug-likeness (QED) is 0.722. The van der Waals surface area contributed by atoms with Crippen LogP contribution in [-0.2, 0) is 0 Å². The van der Waals surface area contributed by atoms with Gasteiger partial charge in [0, 0.05) is 15.1 Å². The Bertz CT molecular complexity index is 561. The average molecular weight is 310 g/mol. The molecular weight excluding hydrogens is 300 g/mol. The Kier molecular flexibility index (Phi) is 3.65. The van der Waals surface area contributed by atoms with Crippen LogP contribution in [0.2, 0.25) is 5.02 Å². The molecular formula is C14H10BrClO. The van der Waals surface area contributed by atoms with Crippen molar-refractivity contribution in [2.45, 2.75) is 6.92 Å². The predicted molar refractivity (Wildman–Crippen MR) is 74.7 cm³/mol. The highest BCUT2D eigenvalue weighted by atomic mass is 79.9. The molecule has 0 saturated carbocycles. The Morgan fingerprint density at radius 3 is 2.41 bits per heavy atom. The van der Waals surface area contributed by atoms with E-state index in [0.29, 0.717) is 10.6 Å². The number of hydrogen-bond acceptors (Lipinski definition) is 1. The molecule has 0 heterocycles. The molecule has 0 bridgehead atoms. The molecule has 86 valence electrons. The number of hydrogen-bond donors (Lipinski definition) is 0. The van der Waals surface area contributed by atoms with Gasteiger partial charge >= 0.3 is 0 Å². The minimum atomic E-state index is 0.660. The molecule has 0 spiro atoms. The van der Waals surface area contributed by atoms with E-state index < -0.39 is 0 Å². The van der Waals surface area contributed by atoms with Crippen molar-refractivity contribution in [3.8, 4) is 11.1 Å². The number of halogens is 2. The van der Waals surface area contributed by atoms with Crippen LogP contribution in [0.25, 0.3) is 11.1 Å². The molecule has 2 aromatic rings. The fourth-order valence-electron chi connectivity index (χ4n) is 1.70. The topological polar surface area (TPSA) is 17.1 Å². The van der Waals surface area contributed by atoms with Gasteiger partial charge in [0.25, 0.3) is 0 Å². The summed E-state index contributed by atoms with van der Waals surface area (Å²) >= 11 is 9.33. The summed E-state index contributed by atoms with van der Waals surface area (Å²) in [4.78, 5) is 10.9. The first-order chi connectivity index (χ1) is 8.11. The molecule has 0 amide bonds. The fourth-order valence-corrected chi connectivity index (χ4v) is 2.30. The largest absolute Gasteiger partial charge is 0.298 e. The second-order valence-corrected chi connectivity index (χ2v) is 5.09. The maximum atomic E-state index is 10.9. The lowest BCUT2D eigenvalue weighted by molar-refractivity contribution is 0.112. The molecule has 0 unspecified atom stereocenters. The van der Waals surface area contributed by atoms with Crippen molar-refractivity contribution in [3.63, 3.8) is 0 Å². The summed E-state index contributed by atoms with van der Waals surface area (Å²) in [6.45, 7) is 2.02. The Morgan fingerprint density at radius 2 is 1.82 bits per heavy atom. The van der Waals surface area contributed by atoms with Crippen LogP contribution in [0.4, 0.5) is 0 Å². The number of rotatable bonds is 2. The lowest BCUT2D eigenvalue weighted by Crippen LogP contribution is -1.89. The second kappa shape index (κ2) is 5.03. The van der Waals surface area contributed by atoms with E-state index in [0.717, 1.165) is 27.4 Å². The zero-order valence-electron chi connectivity index (χ0n) is 9.21. The molecule has 0 fully saturated rings. The molecule has 0 aliphatic carbocycles. The van der Waals surface area contributed by atoms with Crippen LogP contribution in [0, 0.1) is 6.92 Å². The number of benzene rings is 2. The molecule has 0 aliphatic heterocycles. The van der Waals surface area contributed by atoms with E-state index >= 15 is 0 Å². The van der Waals surface area contributed by atoms with Crippen LogP contribution in [0.3, 0.4) is 0 Å². The van der Waals surface area contributed by atoms with Crippen LogP contribution in [0.15, 0.2) is 40.9 Å². The summed E-state index contributed by atoms with van der Waals surface area (Å²) in [6, 6.07) is 11.3. The van der Waals surface area contributed by atoms with Crippen LogP contribution in [-0.4, -0.2) is 6.29 Å². The van der Waals surface area contributed by atoms with Crippen LogP contribution in [0.1, 0.15) is 15.9 Å². The third-order valence-electron chi connectivity index (χ3n) is 2.66. The molecule has 0 aliphatic rings. The molecule has 3 heteroatoms. The van der Waals surface area contributed by atoms with Gasteiger partial charge in [0.1, 0.15) is 6.29 Å². The predicted octanol–water partition coefficient (Wildman–Crippen LogP) is 4.89. The van der Waals surface area contributed by atoms with E-state index in [1.165, 1.54) is 0 Å². The highest BCUT2D eigenvalue weighted by Crippen LogP contribution is 2.30. The van der Waals surface area contributed by atoms with Crippen LogP contribution in [0.5, 0.6) is 0 Å². The first-order valence-electron chi connectivity index (χ1n) is 5.13. The number of aldehydes is 1. The van der Waals surface area contributed by atoms with Crippen LogP contribution >= 0.6 is 27.5 Å². The normalized spacial score (nSPS) is 10.3. The van der Waals surface area contributed by atoms with Gasteiger partial charge in [-0.1, -0.05) is 39.7 Å². The molecule has 2 rings (SSSR count). The van der Waals surface area contributed by atoms with Gasteiger partial charge in [0.05, 0.1) is 0 Å². The van der Waals surface area contributed by atoms with E-state index in [-0.39, 0.29) is 0 Å². The third kappa shape index (κ3) is 2.59.